The van der Waals surface area contributed by atoms with Crippen LogP contribution in [0.15, 0.2) is 24.7 Å². The zero-order valence-electron chi connectivity index (χ0n) is 7.28. The normalized spacial score (nSPS) is 10.2. The molecule has 66 valence electrons. The Balaban J connectivity index is 2.52. The molecular weight excluding hydrogens is 164 g/mol. The molecule has 4 heteroatoms. The van der Waals surface area contributed by atoms with Crippen molar-refractivity contribution in [3.05, 3.63) is 30.2 Å². The Morgan fingerprint density at radius 1 is 1.38 bits per heavy atom. The molecule has 0 fully saturated rings. The van der Waals surface area contributed by atoms with E-state index in [0.29, 0.717) is 5.95 Å². The largest absolute Gasteiger partial charge is 0.369 e. The molecule has 2 rings (SSSR count). The van der Waals surface area contributed by atoms with Crippen LogP contribution in [0.4, 0.5) is 5.95 Å². The average Bonchev–Trinajstić information content (AvgIpc) is 2.53. The highest BCUT2D eigenvalue weighted by molar-refractivity contribution is 5.62. The van der Waals surface area contributed by atoms with Crippen LogP contribution in [0.25, 0.3) is 11.3 Å². The van der Waals surface area contributed by atoms with Gasteiger partial charge in [-0.05, 0) is 18.6 Å². The van der Waals surface area contributed by atoms with Crippen LogP contribution in [0.3, 0.4) is 0 Å². The molecule has 0 aromatic carbocycles. The van der Waals surface area contributed by atoms with Gasteiger partial charge < -0.3 is 10.7 Å². The van der Waals surface area contributed by atoms with Crippen LogP contribution in [-0.2, 0) is 0 Å². The first-order chi connectivity index (χ1) is 6.27. The number of aryl methyl sites for hydroxylation is 1. The van der Waals surface area contributed by atoms with Crippen molar-refractivity contribution in [2.24, 2.45) is 0 Å². The van der Waals surface area contributed by atoms with Crippen LogP contribution >= 0.6 is 0 Å². The SMILES string of the molecule is Cc1ccncc1-c1cnc(N)[nH]1. The van der Waals surface area contributed by atoms with Gasteiger partial charge in [0.25, 0.3) is 0 Å². The molecule has 0 amide bonds. The van der Waals surface area contributed by atoms with Crippen molar-refractivity contribution in [3.8, 4) is 11.3 Å². The molecule has 0 aliphatic heterocycles. The molecule has 0 spiro atoms. The number of hydrogen-bond acceptors (Lipinski definition) is 3. The molecule has 0 atom stereocenters. The third kappa shape index (κ3) is 1.38. The quantitative estimate of drug-likeness (QED) is 0.686. The van der Waals surface area contributed by atoms with E-state index >= 15 is 0 Å². The first kappa shape index (κ1) is 7.79. The Labute approximate surface area is 75.8 Å². The fourth-order valence-electron chi connectivity index (χ4n) is 1.22. The van der Waals surface area contributed by atoms with Crippen molar-refractivity contribution in [1.29, 1.82) is 0 Å². The van der Waals surface area contributed by atoms with Crippen LogP contribution in [-0.4, -0.2) is 15.0 Å². The summed E-state index contributed by atoms with van der Waals surface area (Å²) in [5, 5.41) is 0. The number of nitrogens with zero attached hydrogens (tertiary/aromatic N) is 2. The lowest BCUT2D eigenvalue weighted by molar-refractivity contribution is 1.26. The first-order valence-electron chi connectivity index (χ1n) is 3.99. The van der Waals surface area contributed by atoms with Crippen molar-refractivity contribution in [2.75, 3.05) is 5.73 Å². The summed E-state index contributed by atoms with van der Waals surface area (Å²) in [5.41, 5.74) is 8.57. The lowest BCUT2D eigenvalue weighted by atomic mass is 10.1. The molecule has 3 N–H and O–H groups in total. The topological polar surface area (TPSA) is 67.6 Å². The maximum absolute atomic E-state index is 5.48. The number of aromatic nitrogens is 3. The van der Waals surface area contributed by atoms with E-state index in [9.17, 15) is 0 Å². The van der Waals surface area contributed by atoms with Gasteiger partial charge >= 0.3 is 0 Å². The summed E-state index contributed by atoms with van der Waals surface area (Å²) < 4.78 is 0. The number of aromatic amines is 1. The highest BCUT2D eigenvalue weighted by atomic mass is 15.0. The van der Waals surface area contributed by atoms with Crippen molar-refractivity contribution in [1.82, 2.24) is 15.0 Å². The summed E-state index contributed by atoms with van der Waals surface area (Å²) in [6.45, 7) is 2.02. The van der Waals surface area contributed by atoms with Gasteiger partial charge in [0.2, 0.25) is 0 Å². The van der Waals surface area contributed by atoms with Gasteiger partial charge in [0.15, 0.2) is 5.95 Å². The Kier molecular flexibility index (Phi) is 1.73. The van der Waals surface area contributed by atoms with E-state index in [2.05, 4.69) is 15.0 Å². The lowest BCUT2D eigenvalue weighted by Gasteiger charge is -1.99. The minimum absolute atomic E-state index is 0.429. The van der Waals surface area contributed by atoms with E-state index in [4.69, 9.17) is 5.73 Å². The molecule has 2 heterocycles. The van der Waals surface area contributed by atoms with Crippen molar-refractivity contribution in [3.63, 3.8) is 0 Å². The standard InChI is InChI=1S/C9H10N4/c1-6-2-3-11-4-7(6)8-5-12-9(10)13-8/h2-5H,1H3,(H3,10,12,13). The van der Waals surface area contributed by atoms with Crippen molar-refractivity contribution >= 4 is 5.95 Å². The molecule has 0 saturated heterocycles. The summed E-state index contributed by atoms with van der Waals surface area (Å²) in [6.07, 6.45) is 5.26. The first-order valence-corrected chi connectivity index (χ1v) is 3.99. The highest BCUT2D eigenvalue weighted by Gasteiger charge is 2.03. The van der Waals surface area contributed by atoms with Crippen molar-refractivity contribution < 1.29 is 0 Å². The highest BCUT2D eigenvalue weighted by Crippen LogP contribution is 2.19. The van der Waals surface area contributed by atoms with Gasteiger partial charge in [0.1, 0.15) is 0 Å². The zero-order valence-corrected chi connectivity index (χ0v) is 7.28. The summed E-state index contributed by atoms with van der Waals surface area (Å²) in [6, 6.07) is 1.95. The van der Waals surface area contributed by atoms with Crippen LogP contribution in [0.1, 0.15) is 5.56 Å². The fourth-order valence-corrected chi connectivity index (χ4v) is 1.22. The van der Waals surface area contributed by atoms with Gasteiger partial charge in [-0.3, -0.25) is 4.98 Å². The Morgan fingerprint density at radius 2 is 2.23 bits per heavy atom. The number of pyridine rings is 1. The second kappa shape index (κ2) is 2.90. The predicted octanol–water partition coefficient (Wildman–Crippen LogP) is 1.36. The van der Waals surface area contributed by atoms with E-state index in [1.54, 1.807) is 18.6 Å². The number of nitrogens with two attached hydrogens (primary N) is 1. The van der Waals surface area contributed by atoms with Gasteiger partial charge in [0, 0.05) is 18.0 Å². The number of rotatable bonds is 1. The summed E-state index contributed by atoms with van der Waals surface area (Å²) in [7, 11) is 0. The molecule has 2 aromatic heterocycles. The maximum atomic E-state index is 5.48. The molecule has 0 aliphatic carbocycles. The molecule has 0 bridgehead atoms. The van der Waals surface area contributed by atoms with Gasteiger partial charge in [0.05, 0.1) is 11.9 Å². The molecule has 0 unspecified atom stereocenters. The second-order valence-electron chi connectivity index (χ2n) is 2.87. The lowest BCUT2D eigenvalue weighted by Crippen LogP contribution is -1.87. The molecule has 0 saturated carbocycles. The van der Waals surface area contributed by atoms with Crippen LogP contribution in [0.5, 0.6) is 0 Å². The predicted molar refractivity (Wildman–Crippen MR) is 51.0 cm³/mol. The number of hydrogen-bond donors (Lipinski definition) is 2. The zero-order chi connectivity index (χ0) is 9.26. The van der Waals surface area contributed by atoms with E-state index in [1.165, 1.54) is 0 Å². The molecule has 4 nitrogen and oxygen atoms in total. The smallest absolute Gasteiger partial charge is 0.197 e. The monoisotopic (exact) mass is 174 g/mol. The maximum Gasteiger partial charge on any atom is 0.197 e. The Morgan fingerprint density at radius 3 is 2.85 bits per heavy atom. The molecular formula is C9H10N4. The third-order valence-corrected chi connectivity index (χ3v) is 1.92. The number of nitrogen functional groups attached to an aromatic ring is 1. The van der Waals surface area contributed by atoms with E-state index in [-0.39, 0.29) is 0 Å². The van der Waals surface area contributed by atoms with E-state index in [1.807, 2.05) is 13.0 Å². The molecule has 13 heavy (non-hydrogen) atoms. The van der Waals surface area contributed by atoms with E-state index < -0.39 is 0 Å². The number of anilines is 1. The molecule has 0 aliphatic rings. The van der Waals surface area contributed by atoms with Gasteiger partial charge in [-0.15, -0.1) is 0 Å². The van der Waals surface area contributed by atoms with Crippen LogP contribution < -0.4 is 5.73 Å². The Bertz CT molecular complexity index is 419. The summed E-state index contributed by atoms with van der Waals surface area (Å²) in [5.74, 6) is 0.429. The molecule has 2 aromatic rings. The van der Waals surface area contributed by atoms with Crippen LogP contribution in [0, 0.1) is 6.92 Å². The summed E-state index contributed by atoms with van der Waals surface area (Å²) in [4.78, 5) is 10.9. The van der Waals surface area contributed by atoms with E-state index in [0.717, 1.165) is 16.8 Å². The third-order valence-electron chi connectivity index (χ3n) is 1.92. The Hall–Kier alpha value is -1.84. The van der Waals surface area contributed by atoms with Gasteiger partial charge in [-0.1, -0.05) is 0 Å². The van der Waals surface area contributed by atoms with Crippen LogP contribution in [0.2, 0.25) is 0 Å². The average molecular weight is 174 g/mol. The van der Waals surface area contributed by atoms with Gasteiger partial charge in [-0.2, -0.15) is 0 Å². The molecule has 0 radical (unpaired) electrons. The van der Waals surface area contributed by atoms with Crippen molar-refractivity contribution in [2.45, 2.75) is 6.92 Å². The summed E-state index contributed by atoms with van der Waals surface area (Å²) >= 11 is 0. The number of imidazole rings is 1. The number of H-pyrrole nitrogens is 1. The minimum Gasteiger partial charge on any atom is -0.369 e. The minimum atomic E-state index is 0.429. The fraction of sp³-hybridized carbons (Fsp3) is 0.111. The number of nitrogens with one attached hydrogen (secondary N) is 1. The second-order valence-corrected chi connectivity index (χ2v) is 2.87. The van der Waals surface area contributed by atoms with Gasteiger partial charge in [-0.25, -0.2) is 4.98 Å².